The molecule has 0 saturated heterocycles. The van der Waals surface area contributed by atoms with E-state index in [0.717, 1.165) is 63.0 Å². The highest BCUT2D eigenvalue weighted by Gasteiger charge is 2.15. The maximum atomic E-state index is 14.7. The molecule has 0 heterocycles. The van der Waals surface area contributed by atoms with Gasteiger partial charge in [-0.15, -0.1) is 11.8 Å². The first-order chi connectivity index (χ1) is 17.6. The van der Waals surface area contributed by atoms with E-state index in [1.165, 1.54) is 16.7 Å². The minimum atomic E-state index is -1.09. The molecule has 0 aliphatic carbocycles. The maximum absolute atomic E-state index is 14.7. The predicted molar refractivity (Wildman–Crippen MR) is 168 cm³/mol. The van der Waals surface area contributed by atoms with Crippen molar-refractivity contribution in [2.75, 3.05) is 6.61 Å². The zero-order chi connectivity index (χ0) is 29.2. The number of carbonyl (C=O) groups excluding carboxylic acids is 1. The Morgan fingerprint density at radius 2 is 1.37 bits per heavy atom. The smallest absolute Gasteiger partial charge is 0.306 e. The Labute approximate surface area is 236 Å². The van der Waals surface area contributed by atoms with Gasteiger partial charge in [-0.2, -0.15) is 0 Å². The largest absolute Gasteiger partial charge is 0.466 e. The maximum Gasteiger partial charge on any atom is 0.306 e. The number of esters is 1. The van der Waals surface area contributed by atoms with Crippen LogP contribution in [0.15, 0.2) is 46.3 Å². The second-order valence-corrected chi connectivity index (χ2v) is 18.3. The summed E-state index contributed by atoms with van der Waals surface area (Å²) >= 11 is 0. The average molecular weight is 545 g/mol. The molecule has 4 heteroatoms. The number of rotatable bonds is 17. The lowest BCUT2D eigenvalue weighted by Crippen LogP contribution is -2.17. The van der Waals surface area contributed by atoms with E-state index in [4.69, 9.17) is 4.74 Å². The van der Waals surface area contributed by atoms with Gasteiger partial charge in [0, 0.05) is 25.3 Å². The van der Waals surface area contributed by atoms with Crippen LogP contribution in [0.3, 0.4) is 0 Å². The first kappa shape index (κ1) is 36.1. The molecule has 0 aliphatic rings. The van der Waals surface area contributed by atoms with Crippen LogP contribution in [0.4, 0.5) is 4.39 Å². The van der Waals surface area contributed by atoms with E-state index in [0.29, 0.717) is 19.4 Å². The topological polar surface area (TPSA) is 26.3 Å². The van der Waals surface area contributed by atoms with Crippen LogP contribution < -0.4 is 0 Å². The van der Waals surface area contributed by atoms with Gasteiger partial charge in [-0.25, -0.2) is 4.39 Å². The van der Waals surface area contributed by atoms with Crippen molar-refractivity contribution in [2.45, 2.75) is 138 Å². The van der Waals surface area contributed by atoms with Crippen molar-refractivity contribution in [3.63, 3.8) is 0 Å². The zero-order valence-corrected chi connectivity index (χ0v) is 27.4. The van der Waals surface area contributed by atoms with Gasteiger partial charge >= 0.3 is 5.97 Å². The fourth-order valence-corrected chi connectivity index (χ4v) is 4.37. The summed E-state index contributed by atoms with van der Waals surface area (Å²) in [6.07, 6.45) is 14.6. The van der Waals surface area contributed by atoms with E-state index < -0.39 is 8.07 Å². The molecule has 0 spiro atoms. The molecule has 0 aromatic heterocycles. The minimum absolute atomic E-state index is 0.0366. The van der Waals surface area contributed by atoms with Crippen molar-refractivity contribution in [1.29, 1.82) is 0 Å². The van der Waals surface area contributed by atoms with E-state index in [-0.39, 0.29) is 17.2 Å². The van der Waals surface area contributed by atoms with Crippen molar-refractivity contribution >= 4 is 14.0 Å². The highest BCUT2D eigenvalue weighted by Crippen LogP contribution is 2.27. The molecular formula is C34H57FO2Si. The van der Waals surface area contributed by atoms with Crippen LogP contribution in [0.5, 0.6) is 0 Å². The molecule has 38 heavy (non-hydrogen) atoms. The second-order valence-electron chi connectivity index (χ2n) is 12.9. The molecule has 2 nitrogen and oxygen atoms in total. The quantitative estimate of drug-likeness (QED) is 0.0787. The molecule has 0 aliphatic heterocycles. The van der Waals surface area contributed by atoms with Gasteiger partial charge in [-0.3, -0.25) is 4.79 Å². The Balaban J connectivity index is 4.46. The van der Waals surface area contributed by atoms with Crippen LogP contribution in [-0.4, -0.2) is 20.7 Å². The fraction of sp³-hybridized carbons (Fsp3) is 0.676. The van der Waals surface area contributed by atoms with E-state index in [1.807, 2.05) is 13.8 Å². The second kappa shape index (κ2) is 19.2. The van der Waals surface area contributed by atoms with Gasteiger partial charge in [0.1, 0.15) is 0 Å². The van der Waals surface area contributed by atoms with E-state index in [2.05, 4.69) is 84.3 Å². The van der Waals surface area contributed by atoms with Crippen molar-refractivity contribution in [3.8, 4) is 11.8 Å². The molecule has 0 N–H and O–H groups in total. The summed E-state index contributed by atoms with van der Waals surface area (Å²) in [5.41, 5.74) is 4.89. The SMILES string of the molecule is CCOC(=O)CC/C(C)=C/CC/C(C)=C/CC/C(F)=C(\C)CC/C(C)=C\CC(C)(C)CC#CC[Si](C)(C)C. The molecule has 0 fully saturated rings. The van der Waals surface area contributed by atoms with Gasteiger partial charge in [-0.05, 0) is 90.6 Å². The molecule has 0 saturated carbocycles. The summed E-state index contributed by atoms with van der Waals surface area (Å²) in [5.74, 6) is 6.70. The van der Waals surface area contributed by atoms with Gasteiger partial charge in [0.15, 0.2) is 0 Å². The number of allylic oxidation sites excluding steroid dienone is 8. The van der Waals surface area contributed by atoms with Crippen LogP contribution in [-0.2, 0) is 9.53 Å². The van der Waals surface area contributed by atoms with Crippen LogP contribution in [0.25, 0.3) is 0 Å². The third-order valence-electron chi connectivity index (χ3n) is 6.59. The zero-order valence-electron chi connectivity index (χ0n) is 26.4. The van der Waals surface area contributed by atoms with Gasteiger partial charge in [-0.1, -0.05) is 68.4 Å². The van der Waals surface area contributed by atoms with Crippen molar-refractivity contribution in [3.05, 3.63) is 46.3 Å². The Kier molecular flexibility index (Phi) is 18.3. The molecule has 0 radical (unpaired) electrons. The number of hydrogen-bond acceptors (Lipinski definition) is 2. The van der Waals surface area contributed by atoms with Crippen LogP contribution in [0.2, 0.25) is 25.7 Å². The van der Waals surface area contributed by atoms with E-state index >= 15 is 0 Å². The lowest BCUT2D eigenvalue weighted by molar-refractivity contribution is -0.143. The molecule has 0 rings (SSSR count). The summed E-state index contributed by atoms with van der Waals surface area (Å²) in [4.78, 5) is 11.5. The summed E-state index contributed by atoms with van der Waals surface area (Å²) in [7, 11) is -1.09. The van der Waals surface area contributed by atoms with Gasteiger partial charge in [0.2, 0.25) is 0 Å². The average Bonchev–Trinajstić information content (AvgIpc) is 2.82. The molecule has 0 aromatic rings. The van der Waals surface area contributed by atoms with Crippen LogP contribution in [0.1, 0.15) is 113 Å². The molecular weight excluding hydrogens is 487 g/mol. The summed E-state index contributed by atoms with van der Waals surface area (Å²) in [5, 5.41) is 0. The summed E-state index contributed by atoms with van der Waals surface area (Å²) < 4.78 is 19.6. The summed E-state index contributed by atoms with van der Waals surface area (Å²) in [6, 6.07) is 1.07. The Bertz CT molecular complexity index is 901. The highest BCUT2D eigenvalue weighted by molar-refractivity contribution is 6.76. The first-order valence-electron chi connectivity index (χ1n) is 14.6. The van der Waals surface area contributed by atoms with Gasteiger partial charge in [0.25, 0.3) is 0 Å². The van der Waals surface area contributed by atoms with E-state index in [1.54, 1.807) is 0 Å². The Morgan fingerprint density at radius 1 is 0.816 bits per heavy atom. The van der Waals surface area contributed by atoms with Crippen molar-refractivity contribution < 1.29 is 13.9 Å². The molecule has 0 amide bonds. The predicted octanol–water partition coefficient (Wildman–Crippen LogP) is 10.9. The normalized spacial score (nSPS) is 14.1. The van der Waals surface area contributed by atoms with E-state index in [9.17, 15) is 9.18 Å². The third-order valence-corrected chi connectivity index (χ3v) is 7.83. The molecule has 0 bridgehead atoms. The van der Waals surface area contributed by atoms with Crippen molar-refractivity contribution in [2.24, 2.45) is 5.41 Å². The molecule has 0 unspecified atom stereocenters. The van der Waals surface area contributed by atoms with Crippen LogP contribution >= 0.6 is 0 Å². The van der Waals surface area contributed by atoms with Gasteiger partial charge in [0.05, 0.1) is 20.5 Å². The number of hydrogen-bond donors (Lipinski definition) is 0. The lowest BCUT2D eigenvalue weighted by atomic mass is 9.85. The first-order valence-corrected chi connectivity index (χ1v) is 18.3. The third kappa shape index (κ3) is 21.1. The minimum Gasteiger partial charge on any atom is -0.466 e. The number of carbonyl (C=O) groups is 1. The lowest BCUT2D eigenvalue weighted by Gasteiger charge is -2.20. The van der Waals surface area contributed by atoms with Crippen molar-refractivity contribution in [1.82, 2.24) is 0 Å². The molecule has 216 valence electrons. The Hall–Kier alpha value is -1.86. The highest BCUT2D eigenvalue weighted by atomic mass is 28.3. The standard InChI is InChI=1S/C34H57FO2Si/c1-11-37-33(36)23-21-29(3)17-14-16-28(2)18-15-19-32(35)31(5)22-20-30(4)24-26-34(6,7)25-12-13-27-38(8,9)10/h17-18,24H,11,14-16,19-23,25-27H2,1-10H3/b28-18+,29-17+,30-24-,32-31-. The van der Waals surface area contributed by atoms with Crippen LogP contribution in [0, 0.1) is 17.3 Å². The van der Waals surface area contributed by atoms with Gasteiger partial charge < -0.3 is 4.74 Å². The number of ether oxygens (including phenoxy) is 1. The number of halogens is 1. The monoisotopic (exact) mass is 544 g/mol. The fourth-order valence-electron chi connectivity index (χ4n) is 3.72. The summed E-state index contributed by atoms with van der Waals surface area (Å²) in [6.45, 7) is 22.2. The Morgan fingerprint density at radius 3 is 1.97 bits per heavy atom. The molecule has 0 atom stereocenters. The molecule has 0 aromatic carbocycles.